The van der Waals surface area contributed by atoms with Crippen molar-refractivity contribution in [2.75, 3.05) is 18.5 Å². The molecule has 0 amide bonds. The van der Waals surface area contributed by atoms with Gasteiger partial charge in [0, 0.05) is 24.6 Å². The van der Waals surface area contributed by atoms with Crippen LogP contribution in [0.1, 0.15) is 11.1 Å². The molecule has 1 aromatic carbocycles. The number of fused-ring (bicyclic) bond motifs is 1. The molecule has 0 fully saturated rings. The number of hydrogen-bond acceptors (Lipinski definition) is 1. The standard InChI is InChI=1S/C11H12BrN/c1-13-6-2-3-10-5-4-9(8-12)7-11(10)13/h2-5,7H,6,8H2,1H3. The number of alkyl halides is 1. The molecular formula is C11H12BrN. The summed E-state index contributed by atoms with van der Waals surface area (Å²) in [4.78, 5) is 2.27. The molecule has 0 atom stereocenters. The van der Waals surface area contributed by atoms with Crippen LogP contribution in [0.2, 0.25) is 0 Å². The predicted octanol–water partition coefficient (Wildman–Crippen LogP) is 3.04. The number of benzene rings is 1. The van der Waals surface area contributed by atoms with Gasteiger partial charge in [-0.15, -0.1) is 0 Å². The molecule has 0 saturated carbocycles. The van der Waals surface area contributed by atoms with E-state index in [4.69, 9.17) is 0 Å². The lowest BCUT2D eigenvalue weighted by molar-refractivity contribution is 1.02. The molecule has 0 saturated heterocycles. The minimum Gasteiger partial charge on any atom is -0.370 e. The number of hydrogen-bond donors (Lipinski definition) is 0. The predicted molar refractivity (Wildman–Crippen MR) is 61.4 cm³/mol. The average molecular weight is 238 g/mol. The zero-order valence-electron chi connectivity index (χ0n) is 7.63. The van der Waals surface area contributed by atoms with Crippen molar-refractivity contribution >= 4 is 27.7 Å². The van der Waals surface area contributed by atoms with E-state index in [-0.39, 0.29) is 0 Å². The fraction of sp³-hybridized carbons (Fsp3) is 0.273. The zero-order valence-corrected chi connectivity index (χ0v) is 9.21. The highest BCUT2D eigenvalue weighted by atomic mass is 79.9. The maximum atomic E-state index is 3.47. The highest BCUT2D eigenvalue weighted by Gasteiger charge is 2.08. The summed E-state index contributed by atoms with van der Waals surface area (Å²) in [5, 5.41) is 0.928. The summed E-state index contributed by atoms with van der Waals surface area (Å²) in [6, 6.07) is 6.59. The van der Waals surface area contributed by atoms with Gasteiger partial charge in [-0.2, -0.15) is 0 Å². The molecule has 1 aliphatic heterocycles. The second-order valence-corrected chi connectivity index (χ2v) is 3.87. The Kier molecular flexibility index (Phi) is 2.40. The molecule has 1 heterocycles. The Morgan fingerprint density at radius 2 is 2.31 bits per heavy atom. The number of anilines is 1. The average Bonchev–Trinajstić information content (AvgIpc) is 2.18. The molecule has 0 radical (unpaired) electrons. The number of likely N-dealkylation sites (N-methyl/N-ethyl adjacent to an activating group) is 1. The van der Waals surface area contributed by atoms with Gasteiger partial charge in [-0.1, -0.05) is 40.2 Å². The number of halogens is 1. The second kappa shape index (κ2) is 3.54. The molecule has 0 spiro atoms. The van der Waals surface area contributed by atoms with E-state index in [0.29, 0.717) is 0 Å². The van der Waals surface area contributed by atoms with Crippen molar-refractivity contribution in [3.8, 4) is 0 Å². The van der Waals surface area contributed by atoms with E-state index < -0.39 is 0 Å². The lowest BCUT2D eigenvalue weighted by Gasteiger charge is -2.24. The van der Waals surface area contributed by atoms with Crippen LogP contribution < -0.4 is 4.90 Å². The first-order valence-electron chi connectivity index (χ1n) is 4.38. The highest BCUT2D eigenvalue weighted by molar-refractivity contribution is 9.08. The Morgan fingerprint density at radius 3 is 3.08 bits per heavy atom. The van der Waals surface area contributed by atoms with Crippen molar-refractivity contribution in [3.05, 3.63) is 35.4 Å². The van der Waals surface area contributed by atoms with Gasteiger partial charge in [0.15, 0.2) is 0 Å². The summed E-state index contributed by atoms with van der Waals surface area (Å²) in [7, 11) is 2.13. The van der Waals surface area contributed by atoms with Crippen LogP contribution in [0.15, 0.2) is 24.3 Å². The van der Waals surface area contributed by atoms with Crippen molar-refractivity contribution in [1.82, 2.24) is 0 Å². The first-order chi connectivity index (χ1) is 6.31. The molecule has 2 rings (SSSR count). The molecule has 0 unspecified atom stereocenters. The molecule has 0 aromatic heterocycles. The number of rotatable bonds is 1. The smallest absolute Gasteiger partial charge is 0.0443 e. The van der Waals surface area contributed by atoms with Gasteiger partial charge < -0.3 is 4.90 Å². The first-order valence-corrected chi connectivity index (χ1v) is 5.50. The fourth-order valence-corrected chi connectivity index (χ4v) is 1.93. The topological polar surface area (TPSA) is 3.24 Å². The second-order valence-electron chi connectivity index (χ2n) is 3.31. The molecule has 2 heteroatoms. The van der Waals surface area contributed by atoms with Crippen LogP contribution in [0.4, 0.5) is 5.69 Å². The third-order valence-corrected chi connectivity index (χ3v) is 2.98. The van der Waals surface area contributed by atoms with Gasteiger partial charge >= 0.3 is 0 Å². The van der Waals surface area contributed by atoms with Gasteiger partial charge in [-0.3, -0.25) is 0 Å². The van der Waals surface area contributed by atoms with E-state index in [1.54, 1.807) is 0 Å². The highest BCUT2D eigenvalue weighted by Crippen LogP contribution is 2.26. The summed E-state index contributed by atoms with van der Waals surface area (Å²) in [6.45, 7) is 1.01. The Labute approximate surface area is 87.2 Å². The van der Waals surface area contributed by atoms with Crippen LogP contribution in [-0.4, -0.2) is 13.6 Å². The third-order valence-electron chi connectivity index (χ3n) is 2.34. The maximum Gasteiger partial charge on any atom is 0.0443 e. The van der Waals surface area contributed by atoms with Crippen molar-refractivity contribution in [2.45, 2.75) is 5.33 Å². The van der Waals surface area contributed by atoms with Crippen molar-refractivity contribution in [1.29, 1.82) is 0 Å². The van der Waals surface area contributed by atoms with Crippen LogP contribution in [0.5, 0.6) is 0 Å². The van der Waals surface area contributed by atoms with Gasteiger partial charge in [0.05, 0.1) is 0 Å². The van der Waals surface area contributed by atoms with Crippen LogP contribution in [0, 0.1) is 0 Å². The molecule has 1 aromatic rings. The Hall–Kier alpha value is -0.760. The molecule has 68 valence electrons. The van der Waals surface area contributed by atoms with Gasteiger partial charge in [-0.05, 0) is 17.2 Å². The van der Waals surface area contributed by atoms with Crippen molar-refractivity contribution in [2.24, 2.45) is 0 Å². The largest absolute Gasteiger partial charge is 0.370 e. The molecular weight excluding hydrogens is 226 g/mol. The maximum absolute atomic E-state index is 3.47. The van der Waals surface area contributed by atoms with E-state index >= 15 is 0 Å². The van der Waals surface area contributed by atoms with E-state index in [2.05, 4.69) is 58.2 Å². The Morgan fingerprint density at radius 1 is 1.46 bits per heavy atom. The minimum atomic E-state index is 0.928. The van der Waals surface area contributed by atoms with Crippen LogP contribution in [0.25, 0.3) is 6.08 Å². The van der Waals surface area contributed by atoms with E-state index in [1.807, 2.05) is 0 Å². The minimum absolute atomic E-state index is 0.928. The molecule has 13 heavy (non-hydrogen) atoms. The van der Waals surface area contributed by atoms with Crippen LogP contribution in [-0.2, 0) is 5.33 Å². The molecule has 1 aliphatic rings. The summed E-state index contributed by atoms with van der Waals surface area (Å²) >= 11 is 3.47. The lowest BCUT2D eigenvalue weighted by atomic mass is 10.1. The summed E-state index contributed by atoms with van der Waals surface area (Å²) in [6.07, 6.45) is 4.38. The van der Waals surface area contributed by atoms with Gasteiger partial charge in [0.25, 0.3) is 0 Å². The normalized spacial score (nSPS) is 14.5. The van der Waals surface area contributed by atoms with Gasteiger partial charge in [-0.25, -0.2) is 0 Å². The summed E-state index contributed by atoms with van der Waals surface area (Å²) in [5.41, 5.74) is 3.99. The van der Waals surface area contributed by atoms with Crippen molar-refractivity contribution in [3.63, 3.8) is 0 Å². The van der Waals surface area contributed by atoms with E-state index in [9.17, 15) is 0 Å². The quantitative estimate of drug-likeness (QED) is 0.679. The summed E-state index contributed by atoms with van der Waals surface area (Å²) in [5.74, 6) is 0. The molecule has 1 nitrogen and oxygen atoms in total. The van der Waals surface area contributed by atoms with Crippen LogP contribution >= 0.6 is 15.9 Å². The molecule has 0 N–H and O–H groups in total. The summed E-state index contributed by atoms with van der Waals surface area (Å²) < 4.78 is 0. The SMILES string of the molecule is CN1CC=Cc2ccc(CBr)cc21. The van der Waals surface area contributed by atoms with E-state index in [1.165, 1.54) is 16.8 Å². The Balaban J connectivity index is 2.48. The third kappa shape index (κ3) is 1.63. The van der Waals surface area contributed by atoms with Crippen LogP contribution in [0.3, 0.4) is 0 Å². The zero-order chi connectivity index (χ0) is 9.26. The molecule has 0 aliphatic carbocycles. The van der Waals surface area contributed by atoms with Gasteiger partial charge in [0.2, 0.25) is 0 Å². The van der Waals surface area contributed by atoms with E-state index in [0.717, 1.165) is 11.9 Å². The fourth-order valence-electron chi connectivity index (χ4n) is 1.58. The lowest BCUT2D eigenvalue weighted by Crippen LogP contribution is -2.20. The molecule has 0 bridgehead atoms. The monoisotopic (exact) mass is 237 g/mol. The Bertz CT molecular complexity index is 344. The van der Waals surface area contributed by atoms with Crippen molar-refractivity contribution < 1.29 is 0 Å². The van der Waals surface area contributed by atoms with Gasteiger partial charge in [0.1, 0.15) is 0 Å². The first kappa shape index (κ1) is 8.82. The number of nitrogens with zero attached hydrogens (tertiary/aromatic N) is 1.